The monoisotopic (exact) mass is 488 g/mol. The molecule has 1 amide bonds. The maximum atomic E-state index is 13.0. The van der Waals surface area contributed by atoms with E-state index in [0.717, 1.165) is 5.56 Å². The Bertz CT molecular complexity index is 1230. The number of carbonyl (C=O) groups is 1. The van der Waals surface area contributed by atoms with Crippen LogP contribution in [0.4, 0.5) is 13.2 Å². The summed E-state index contributed by atoms with van der Waals surface area (Å²) < 4.78 is 50.7. The summed E-state index contributed by atoms with van der Waals surface area (Å²) in [5.74, 6) is -0.398. The summed E-state index contributed by atoms with van der Waals surface area (Å²) >= 11 is 0.208. The van der Waals surface area contributed by atoms with Crippen LogP contribution in [-0.2, 0) is 4.79 Å². The van der Waals surface area contributed by atoms with Gasteiger partial charge in [0.25, 0.3) is 5.91 Å². The summed E-state index contributed by atoms with van der Waals surface area (Å²) in [6.45, 7) is 4.08. The average Bonchev–Trinajstić information content (AvgIpc) is 3.24. The van der Waals surface area contributed by atoms with Gasteiger partial charge in [0.1, 0.15) is 6.10 Å². The minimum Gasteiger partial charge on any atom is -0.490 e. The van der Waals surface area contributed by atoms with Gasteiger partial charge in [-0.05, 0) is 54.9 Å². The number of carbonyl (C=O) groups excluding carboxylic acids is 1. The summed E-state index contributed by atoms with van der Waals surface area (Å²) in [7, 11) is 0. The van der Waals surface area contributed by atoms with Crippen molar-refractivity contribution in [2.24, 2.45) is 10.1 Å². The van der Waals surface area contributed by atoms with Crippen LogP contribution in [0.3, 0.4) is 0 Å². The summed E-state index contributed by atoms with van der Waals surface area (Å²) in [6, 6.07) is 14.6. The standard InChI is InChI=1S/C23H19F3N4O3S/c1-3-32-18-12-14(9-10-17(18)33-13(2)15-7-5-4-6-8-15)11-16-19(27)30-22(28-20(16)31)34-21(29-30)23(24,25)26/h4-13,27H,3H2,1-2H3/b16-11-,27-19?/t13-/m0/s1. The van der Waals surface area contributed by atoms with E-state index in [1.165, 1.54) is 6.08 Å². The van der Waals surface area contributed by atoms with Crippen molar-refractivity contribution in [2.45, 2.75) is 26.1 Å². The number of aliphatic imine (C=N–C) groups is 1. The fraction of sp³-hybridized carbons (Fsp3) is 0.217. The third-order valence-electron chi connectivity index (χ3n) is 4.85. The molecule has 2 heterocycles. The zero-order chi connectivity index (χ0) is 24.5. The molecule has 34 heavy (non-hydrogen) atoms. The number of halogens is 3. The second-order valence-corrected chi connectivity index (χ2v) is 8.19. The first kappa shape index (κ1) is 23.6. The van der Waals surface area contributed by atoms with E-state index in [1.807, 2.05) is 44.2 Å². The highest BCUT2D eigenvalue weighted by Gasteiger charge is 2.46. The van der Waals surface area contributed by atoms with Crippen LogP contribution in [0.25, 0.3) is 6.08 Å². The number of hydrogen-bond donors (Lipinski definition) is 1. The highest BCUT2D eigenvalue weighted by molar-refractivity contribution is 8.27. The Hall–Kier alpha value is -3.60. The van der Waals surface area contributed by atoms with E-state index in [9.17, 15) is 18.0 Å². The smallest absolute Gasteiger partial charge is 0.441 e. The topological polar surface area (TPSA) is 87.3 Å². The van der Waals surface area contributed by atoms with E-state index < -0.39 is 23.0 Å². The molecule has 176 valence electrons. The van der Waals surface area contributed by atoms with E-state index >= 15 is 0 Å². The number of benzene rings is 2. The molecule has 1 N–H and O–H groups in total. The maximum absolute atomic E-state index is 13.0. The average molecular weight is 488 g/mol. The van der Waals surface area contributed by atoms with Gasteiger partial charge in [-0.1, -0.05) is 36.4 Å². The van der Waals surface area contributed by atoms with Crippen LogP contribution in [0.2, 0.25) is 0 Å². The van der Waals surface area contributed by atoms with Gasteiger partial charge < -0.3 is 9.47 Å². The Morgan fingerprint density at radius 2 is 1.91 bits per heavy atom. The second-order valence-electron chi connectivity index (χ2n) is 7.23. The molecule has 2 aromatic rings. The lowest BCUT2D eigenvalue weighted by atomic mass is 10.1. The lowest BCUT2D eigenvalue weighted by Crippen LogP contribution is -2.35. The first-order valence-electron chi connectivity index (χ1n) is 10.2. The third-order valence-corrected chi connectivity index (χ3v) is 5.80. The number of hydrogen-bond acceptors (Lipinski definition) is 6. The van der Waals surface area contributed by atoms with E-state index in [4.69, 9.17) is 14.9 Å². The van der Waals surface area contributed by atoms with E-state index in [-0.39, 0.29) is 28.6 Å². The molecule has 1 atom stereocenters. The first-order chi connectivity index (χ1) is 16.2. The van der Waals surface area contributed by atoms with Crippen LogP contribution in [0.15, 0.2) is 64.2 Å². The van der Waals surface area contributed by atoms with E-state index in [0.29, 0.717) is 28.7 Å². The normalized spacial score (nSPS) is 17.9. The molecule has 2 aliphatic rings. The number of thioether (sulfide) groups is 1. The van der Waals surface area contributed by atoms with Crippen LogP contribution in [0.1, 0.15) is 31.1 Å². The highest BCUT2D eigenvalue weighted by atomic mass is 32.2. The Labute approximate surface area is 197 Å². The quantitative estimate of drug-likeness (QED) is 0.550. The number of amidine groups is 2. The van der Waals surface area contributed by atoms with Crippen molar-refractivity contribution in [3.63, 3.8) is 0 Å². The molecule has 0 saturated carbocycles. The molecule has 4 rings (SSSR count). The lowest BCUT2D eigenvalue weighted by Gasteiger charge is -2.20. The molecule has 0 aliphatic carbocycles. The third kappa shape index (κ3) is 4.84. The van der Waals surface area contributed by atoms with Gasteiger partial charge in [-0.25, -0.2) is 0 Å². The zero-order valence-electron chi connectivity index (χ0n) is 18.1. The number of hydrazone groups is 1. The van der Waals surface area contributed by atoms with Crippen molar-refractivity contribution in [2.75, 3.05) is 6.61 Å². The molecule has 0 spiro atoms. The summed E-state index contributed by atoms with van der Waals surface area (Å²) in [5, 5.41) is 10.9. The first-order valence-corrected chi connectivity index (χ1v) is 11.0. The maximum Gasteiger partial charge on any atom is 0.441 e. The number of nitrogens with one attached hydrogen (secondary N) is 1. The molecule has 0 fully saturated rings. The number of fused-ring (bicyclic) bond motifs is 1. The molecule has 2 aromatic carbocycles. The predicted molar refractivity (Wildman–Crippen MR) is 124 cm³/mol. The number of alkyl halides is 3. The van der Waals surface area contributed by atoms with Gasteiger partial charge in [0.15, 0.2) is 17.3 Å². The van der Waals surface area contributed by atoms with Gasteiger partial charge >= 0.3 is 6.18 Å². The molecule has 0 bridgehead atoms. The molecular formula is C23H19F3N4O3S. The van der Waals surface area contributed by atoms with Gasteiger partial charge in [0, 0.05) is 0 Å². The molecular weight excluding hydrogens is 469 g/mol. The fourth-order valence-corrected chi connectivity index (χ4v) is 3.99. The predicted octanol–water partition coefficient (Wildman–Crippen LogP) is 5.41. The molecule has 0 aromatic heterocycles. The Morgan fingerprint density at radius 3 is 2.59 bits per heavy atom. The van der Waals surface area contributed by atoms with Gasteiger partial charge in [0.2, 0.25) is 10.2 Å². The van der Waals surface area contributed by atoms with Crippen molar-refractivity contribution in [1.29, 1.82) is 5.41 Å². The van der Waals surface area contributed by atoms with Gasteiger partial charge in [-0.15, -0.1) is 0 Å². The molecule has 11 heteroatoms. The highest BCUT2D eigenvalue weighted by Crippen LogP contribution is 2.36. The van der Waals surface area contributed by atoms with Crippen LogP contribution in [-0.4, -0.2) is 39.7 Å². The summed E-state index contributed by atoms with van der Waals surface area (Å²) in [4.78, 5) is 16.1. The minimum absolute atomic E-state index is 0.190. The van der Waals surface area contributed by atoms with Crippen molar-refractivity contribution >= 4 is 39.8 Å². The van der Waals surface area contributed by atoms with E-state index in [1.54, 1.807) is 18.2 Å². The van der Waals surface area contributed by atoms with Crippen LogP contribution >= 0.6 is 11.8 Å². The Kier molecular flexibility index (Phi) is 6.47. The SMILES string of the molecule is CCOc1cc(/C=C2/C(=N)N3N=C(C(F)(F)F)SC3=NC2=O)ccc1O[C@@H](C)c1ccccc1. The molecule has 0 unspecified atom stereocenters. The van der Waals surface area contributed by atoms with Crippen molar-refractivity contribution in [1.82, 2.24) is 5.01 Å². The van der Waals surface area contributed by atoms with Crippen LogP contribution in [0, 0.1) is 5.41 Å². The van der Waals surface area contributed by atoms with Crippen LogP contribution in [0.5, 0.6) is 11.5 Å². The van der Waals surface area contributed by atoms with Gasteiger partial charge in [-0.2, -0.15) is 28.3 Å². The van der Waals surface area contributed by atoms with Crippen molar-refractivity contribution in [3.05, 3.63) is 65.2 Å². The number of nitrogens with zero attached hydrogens (tertiary/aromatic N) is 3. The lowest BCUT2D eigenvalue weighted by molar-refractivity contribution is -0.114. The minimum atomic E-state index is -4.70. The Balaban J connectivity index is 1.61. The van der Waals surface area contributed by atoms with Crippen molar-refractivity contribution < 1.29 is 27.4 Å². The fourth-order valence-electron chi connectivity index (χ4n) is 3.24. The number of ether oxygens (including phenoxy) is 2. The zero-order valence-corrected chi connectivity index (χ0v) is 18.9. The largest absolute Gasteiger partial charge is 0.490 e. The second kappa shape index (κ2) is 9.34. The summed E-state index contributed by atoms with van der Waals surface area (Å²) in [5.41, 5.74) is 1.28. The van der Waals surface area contributed by atoms with Gasteiger partial charge in [0.05, 0.1) is 12.2 Å². The van der Waals surface area contributed by atoms with E-state index in [2.05, 4.69) is 10.1 Å². The molecule has 2 aliphatic heterocycles. The number of rotatable bonds is 6. The summed E-state index contributed by atoms with van der Waals surface area (Å²) in [6.07, 6.45) is -3.58. The van der Waals surface area contributed by atoms with Crippen LogP contribution < -0.4 is 9.47 Å². The van der Waals surface area contributed by atoms with Gasteiger partial charge in [-0.3, -0.25) is 10.2 Å². The molecule has 0 radical (unpaired) electrons. The van der Waals surface area contributed by atoms with Crippen molar-refractivity contribution in [3.8, 4) is 11.5 Å². The Morgan fingerprint density at radius 1 is 1.18 bits per heavy atom. The number of amides is 1. The molecule has 0 saturated heterocycles. The molecule has 7 nitrogen and oxygen atoms in total.